The second kappa shape index (κ2) is 5.24. The topological polar surface area (TPSA) is 38.3 Å². The zero-order chi connectivity index (χ0) is 13.9. The van der Waals surface area contributed by atoms with E-state index in [9.17, 15) is 4.79 Å². The normalized spacial score (nSPS) is 20.6. The van der Waals surface area contributed by atoms with Crippen LogP contribution in [0.15, 0.2) is 30.3 Å². The number of benzene rings is 1. The molecular weight excluding hydrogens is 238 g/mol. The molecule has 0 atom stereocenters. The van der Waals surface area contributed by atoms with Gasteiger partial charge < -0.3 is 10.1 Å². The fourth-order valence-corrected chi connectivity index (χ4v) is 2.73. The molecule has 1 aromatic carbocycles. The second-order valence-corrected chi connectivity index (χ2v) is 6.23. The molecule has 0 saturated heterocycles. The van der Waals surface area contributed by atoms with E-state index >= 15 is 0 Å². The Morgan fingerprint density at radius 3 is 2.21 bits per heavy atom. The van der Waals surface area contributed by atoms with E-state index in [1.807, 2.05) is 30.3 Å². The zero-order valence-electron chi connectivity index (χ0n) is 12.0. The molecule has 19 heavy (non-hydrogen) atoms. The molecule has 1 fully saturated rings. The van der Waals surface area contributed by atoms with Gasteiger partial charge >= 0.3 is 5.97 Å². The number of esters is 1. The van der Waals surface area contributed by atoms with Crippen molar-refractivity contribution in [1.82, 2.24) is 0 Å². The van der Waals surface area contributed by atoms with Gasteiger partial charge in [0.2, 0.25) is 0 Å². The quantitative estimate of drug-likeness (QED) is 0.845. The highest BCUT2D eigenvalue weighted by atomic mass is 16.5. The van der Waals surface area contributed by atoms with E-state index < -0.39 is 5.54 Å². The van der Waals surface area contributed by atoms with Crippen molar-refractivity contribution in [3.63, 3.8) is 0 Å². The lowest BCUT2D eigenvalue weighted by Crippen LogP contribution is -2.51. The Kier molecular flexibility index (Phi) is 3.83. The molecule has 0 amide bonds. The Hall–Kier alpha value is -1.51. The predicted octanol–water partition coefficient (Wildman–Crippen LogP) is 3.61. The van der Waals surface area contributed by atoms with Gasteiger partial charge in [-0.2, -0.15) is 0 Å². The summed E-state index contributed by atoms with van der Waals surface area (Å²) in [5.74, 6) is -0.146. The molecule has 104 valence electrons. The smallest absolute Gasteiger partial charge is 0.331 e. The van der Waals surface area contributed by atoms with Crippen LogP contribution >= 0.6 is 0 Å². The first kappa shape index (κ1) is 13.9. The minimum atomic E-state index is -0.564. The Morgan fingerprint density at radius 1 is 1.11 bits per heavy atom. The number of hydrogen-bond acceptors (Lipinski definition) is 3. The van der Waals surface area contributed by atoms with Crippen LogP contribution in [0.1, 0.15) is 39.5 Å². The lowest BCUT2D eigenvalue weighted by Gasteiger charge is -2.42. The largest absolute Gasteiger partial charge is 0.467 e. The Labute approximate surface area is 115 Å². The summed E-state index contributed by atoms with van der Waals surface area (Å²) >= 11 is 0. The van der Waals surface area contributed by atoms with Crippen LogP contribution in [0, 0.1) is 5.41 Å². The predicted molar refractivity (Wildman–Crippen MR) is 77.1 cm³/mol. The van der Waals surface area contributed by atoms with Gasteiger partial charge in [0, 0.05) is 5.69 Å². The number of rotatable bonds is 3. The molecular formula is C16H23NO2. The van der Waals surface area contributed by atoms with E-state index in [1.54, 1.807) is 0 Å². The summed E-state index contributed by atoms with van der Waals surface area (Å²) in [6, 6.07) is 9.90. The molecule has 1 aliphatic rings. The fourth-order valence-electron chi connectivity index (χ4n) is 2.73. The van der Waals surface area contributed by atoms with Gasteiger partial charge in [-0.25, -0.2) is 4.79 Å². The van der Waals surface area contributed by atoms with Crippen molar-refractivity contribution >= 4 is 11.7 Å². The third-order valence-corrected chi connectivity index (χ3v) is 4.19. The second-order valence-electron chi connectivity index (χ2n) is 6.23. The molecule has 1 aliphatic carbocycles. The van der Waals surface area contributed by atoms with Gasteiger partial charge in [-0.1, -0.05) is 32.0 Å². The Balaban J connectivity index is 2.20. The van der Waals surface area contributed by atoms with Crippen LogP contribution in [0.5, 0.6) is 0 Å². The number of methoxy groups -OCH3 is 1. The van der Waals surface area contributed by atoms with Gasteiger partial charge in [0.05, 0.1) is 7.11 Å². The molecule has 3 heteroatoms. The van der Waals surface area contributed by atoms with Gasteiger partial charge in [-0.15, -0.1) is 0 Å². The molecule has 0 aromatic heterocycles. The molecule has 3 nitrogen and oxygen atoms in total. The molecule has 0 aliphatic heterocycles. The summed E-state index contributed by atoms with van der Waals surface area (Å²) in [5, 5.41) is 3.41. The lowest BCUT2D eigenvalue weighted by molar-refractivity contribution is -0.148. The summed E-state index contributed by atoms with van der Waals surface area (Å²) < 4.78 is 5.03. The molecule has 2 rings (SSSR count). The van der Waals surface area contributed by atoms with E-state index in [2.05, 4.69) is 19.2 Å². The highest BCUT2D eigenvalue weighted by Crippen LogP contribution is 2.42. The minimum Gasteiger partial charge on any atom is -0.467 e. The molecule has 0 heterocycles. The lowest BCUT2D eigenvalue weighted by atomic mass is 9.69. The van der Waals surface area contributed by atoms with Crippen molar-refractivity contribution in [3.8, 4) is 0 Å². The van der Waals surface area contributed by atoms with E-state index in [-0.39, 0.29) is 5.97 Å². The van der Waals surface area contributed by atoms with Crippen LogP contribution in [-0.4, -0.2) is 18.6 Å². The number of carbonyl (C=O) groups is 1. The van der Waals surface area contributed by atoms with Crippen molar-refractivity contribution in [2.75, 3.05) is 12.4 Å². The van der Waals surface area contributed by atoms with Crippen LogP contribution < -0.4 is 5.32 Å². The van der Waals surface area contributed by atoms with Crippen molar-refractivity contribution < 1.29 is 9.53 Å². The van der Waals surface area contributed by atoms with Crippen LogP contribution in [0.3, 0.4) is 0 Å². The highest BCUT2D eigenvalue weighted by molar-refractivity contribution is 5.84. The maximum absolute atomic E-state index is 12.2. The zero-order valence-corrected chi connectivity index (χ0v) is 12.0. The van der Waals surface area contributed by atoms with E-state index in [0.717, 1.165) is 31.4 Å². The van der Waals surface area contributed by atoms with Gasteiger partial charge in [-0.3, -0.25) is 0 Å². The maximum Gasteiger partial charge on any atom is 0.331 e. The first-order valence-corrected chi connectivity index (χ1v) is 6.89. The number of ether oxygens (including phenoxy) is 1. The molecule has 0 unspecified atom stereocenters. The van der Waals surface area contributed by atoms with Crippen LogP contribution in [0.2, 0.25) is 0 Å². The van der Waals surface area contributed by atoms with E-state index in [4.69, 9.17) is 4.74 Å². The SMILES string of the molecule is COC(=O)C1(Nc2ccccc2)CCC(C)(C)CC1. The number of nitrogens with one attached hydrogen (secondary N) is 1. The maximum atomic E-state index is 12.2. The van der Waals surface area contributed by atoms with Crippen molar-refractivity contribution in [2.24, 2.45) is 5.41 Å². The Morgan fingerprint density at radius 2 is 1.68 bits per heavy atom. The van der Waals surface area contributed by atoms with E-state index in [1.165, 1.54) is 7.11 Å². The monoisotopic (exact) mass is 261 g/mol. The average Bonchev–Trinajstić information content (AvgIpc) is 2.42. The van der Waals surface area contributed by atoms with Gasteiger partial charge in [-0.05, 0) is 43.2 Å². The third kappa shape index (κ3) is 3.09. The summed E-state index contributed by atoms with van der Waals surface area (Å²) in [6.45, 7) is 4.52. The van der Waals surface area contributed by atoms with Crippen molar-refractivity contribution in [2.45, 2.75) is 45.1 Å². The summed E-state index contributed by atoms with van der Waals surface area (Å²) in [6.07, 6.45) is 3.70. The van der Waals surface area contributed by atoms with Crippen LogP contribution in [0.25, 0.3) is 0 Å². The fraction of sp³-hybridized carbons (Fsp3) is 0.562. The summed E-state index contributed by atoms with van der Waals surface area (Å²) in [5.41, 5.74) is 0.731. The third-order valence-electron chi connectivity index (χ3n) is 4.19. The highest BCUT2D eigenvalue weighted by Gasteiger charge is 2.44. The summed E-state index contributed by atoms with van der Waals surface area (Å²) in [4.78, 5) is 12.2. The molecule has 1 saturated carbocycles. The number of carbonyl (C=O) groups excluding carboxylic acids is 1. The molecule has 0 radical (unpaired) electrons. The number of hydrogen-bond donors (Lipinski definition) is 1. The number of para-hydroxylation sites is 1. The van der Waals surface area contributed by atoms with Crippen LogP contribution in [-0.2, 0) is 9.53 Å². The van der Waals surface area contributed by atoms with Gasteiger partial charge in [0.25, 0.3) is 0 Å². The number of anilines is 1. The molecule has 1 N–H and O–H groups in total. The first-order chi connectivity index (χ1) is 8.97. The molecule has 0 spiro atoms. The van der Waals surface area contributed by atoms with Gasteiger partial charge in [0.1, 0.15) is 5.54 Å². The summed E-state index contributed by atoms with van der Waals surface area (Å²) in [7, 11) is 1.47. The first-order valence-electron chi connectivity index (χ1n) is 6.89. The average molecular weight is 261 g/mol. The van der Waals surface area contributed by atoms with Crippen molar-refractivity contribution in [3.05, 3.63) is 30.3 Å². The van der Waals surface area contributed by atoms with E-state index in [0.29, 0.717) is 5.41 Å². The minimum absolute atomic E-state index is 0.146. The van der Waals surface area contributed by atoms with Gasteiger partial charge in [0.15, 0.2) is 0 Å². The molecule has 0 bridgehead atoms. The molecule has 1 aromatic rings. The van der Waals surface area contributed by atoms with Crippen molar-refractivity contribution in [1.29, 1.82) is 0 Å². The Bertz CT molecular complexity index is 429. The van der Waals surface area contributed by atoms with Crippen LogP contribution in [0.4, 0.5) is 5.69 Å². The standard InChI is InChI=1S/C16H23NO2/c1-15(2)9-11-16(12-10-15,14(18)19-3)17-13-7-5-4-6-8-13/h4-8,17H,9-12H2,1-3H3.